The van der Waals surface area contributed by atoms with Crippen molar-refractivity contribution in [3.05, 3.63) is 21.4 Å². The van der Waals surface area contributed by atoms with Gasteiger partial charge in [0.15, 0.2) is 0 Å². The molecule has 0 amide bonds. The van der Waals surface area contributed by atoms with Crippen LogP contribution >= 0.6 is 11.3 Å². The Morgan fingerprint density at radius 2 is 2.36 bits per heavy atom. The van der Waals surface area contributed by atoms with E-state index in [0.717, 1.165) is 4.88 Å². The van der Waals surface area contributed by atoms with Crippen molar-refractivity contribution in [3.63, 3.8) is 0 Å². The third kappa shape index (κ3) is 1.05. The van der Waals surface area contributed by atoms with Crippen molar-refractivity contribution in [2.75, 3.05) is 0 Å². The summed E-state index contributed by atoms with van der Waals surface area (Å²) < 4.78 is 0. The first-order chi connectivity index (χ1) is 5.27. The number of thiophene rings is 1. The fourth-order valence-corrected chi connectivity index (χ4v) is 2.58. The molecule has 0 aromatic carbocycles. The lowest BCUT2D eigenvalue weighted by molar-refractivity contribution is 0.914. The quantitative estimate of drug-likeness (QED) is 0.482. The van der Waals surface area contributed by atoms with Gasteiger partial charge in [-0.1, -0.05) is 0 Å². The minimum absolute atomic E-state index is 0.212. The van der Waals surface area contributed by atoms with Crippen molar-refractivity contribution < 1.29 is 0 Å². The molecule has 58 valence electrons. The predicted molar refractivity (Wildman–Crippen MR) is 47.4 cm³/mol. The van der Waals surface area contributed by atoms with Gasteiger partial charge in [-0.2, -0.15) is 0 Å². The minimum atomic E-state index is 0.212. The first-order valence-electron chi connectivity index (χ1n) is 3.73. The second-order valence-electron chi connectivity index (χ2n) is 2.83. The number of rotatable bonds is 1. The lowest BCUT2D eigenvalue weighted by atomic mass is 10.2. The SMILES string of the molecule is N=C(N)c1cc2c(s1)CCC2. The van der Waals surface area contributed by atoms with E-state index in [2.05, 4.69) is 6.07 Å². The van der Waals surface area contributed by atoms with Gasteiger partial charge in [-0.3, -0.25) is 5.41 Å². The average Bonchev–Trinajstić information content (AvgIpc) is 2.40. The number of nitrogen functional groups attached to an aromatic ring is 1. The Balaban J connectivity index is 2.42. The largest absolute Gasteiger partial charge is 0.383 e. The molecule has 1 aromatic heterocycles. The zero-order valence-corrected chi connectivity index (χ0v) is 7.00. The number of hydrogen-bond acceptors (Lipinski definition) is 2. The van der Waals surface area contributed by atoms with Gasteiger partial charge >= 0.3 is 0 Å². The van der Waals surface area contributed by atoms with E-state index >= 15 is 0 Å². The van der Waals surface area contributed by atoms with Crippen molar-refractivity contribution in [2.45, 2.75) is 19.3 Å². The fourth-order valence-electron chi connectivity index (χ4n) is 1.46. The zero-order valence-electron chi connectivity index (χ0n) is 6.18. The Kier molecular flexibility index (Phi) is 1.46. The standard InChI is InChI=1S/C8H10N2S/c9-8(10)7-4-5-2-1-3-6(5)11-7/h4H,1-3H2,(H3,9,10). The van der Waals surface area contributed by atoms with Crippen molar-refractivity contribution in [1.82, 2.24) is 0 Å². The van der Waals surface area contributed by atoms with Crippen LogP contribution in [0.15, 0.2) is 6.07 Å². The number of nitrogens with one attached hydrogen (secondary N) is 1. The van der Waals surface area contributed by atoms with Crippen molar-refractivity contribution in [2.24, 2.45) is 5.73 Å². The second kappa shape index (κ2) is 2.34. The number of fused-ring (bicyclic) bond motifs is 1. The van der Waals surface area contributed by atoms with Gasteiger partial charge in [0, 0.05) is 4.88 Å². The van der Waals surface area contributed by atoms with Gasteiger partial charge in [-0.25, -0.2) is 0 Å². The summed E-state index contributed by atoms with van der Waals surface area (Å²) in [6.45, 7) is 0. The number of amidine groups is 1. The van der Waals surface area contributed by atoms with Crippen molar-refractivity contribution >= 4 is 17.2 Å². The molecule has 0 saturated heterocycles. The van der Waals surface area contributed by atoms with E-state index in [0.29, 0.717) is 0 Å². The number of nitrogens with two attached hydrogens (primary N) is 1. The molecule has 2 rings (SSSR count). The van der Waals surface area contributed by atoms with Crippen LogP contribution in [0.1, 0.15) is 21.7 Å². The molecule has 11 heavy (non-hydrogen) atoms. The highest BCUT2D eigenvalue weighted by Crippen LogP contribution is 2.29. The molecule has 1 aliphatic carbocycles. The molecule has 0 aliphatic heterocycles. The molecule has 0 atom stereocenters. The molecule has 0 spiro atoms. The first-order valence-corrected chi connectivity index (χ1v) is 4.55. The highest BCUT2D eigenvalue weighted by Gasteiger charge is 2.15. The lowest BCUT2D eigenvalue weighted by Crippen LogP contribution is -2.08. The normalized spacial score (nSPS) is 14.9. The maximum Gasteiger partial charge on any atom is 0.133 e. The summed E-state index contributed by atoms with van der Waals surface area (Å²) in [4.78, 5) is 2.38. The van der Waals surface area contributed by atoms with Crippen molar-refractivity contribution in [1.29, 1.82) is 5.41 Å². The topological polar surface area (TPSA) is 49.9 Å². The molecular formula is C8H10N2S. The highest BCUT2D eigenvalue weighted by atomic mass is 32.1. The molecule has 2 nitrogen and oxygen atoms in total. The Labute approximate surface area is 69.6 Å². The molecule has 0 radical (unpaired) electrons. The maximum absolute atomic E-state index is 7.23. The van der Waals surface area contributed by atoms with Gasteiger partial charge in [-0.05, 0) is 30.9 Å². The van der Waals surface area contributed by atoms with E-state index in [1.807, 2.05) is 0 Å². The van der Waals surface area contributed by atoms with Crippen LogP contribution < -0.4 is 5.73 Å². The minimum Gasteiger partial charge on any atom is -0.383 e. The first kappa shape index (κ1) is 6.85. The Morgan fingerprint density at radius 1 is 1.55 bits per heavy atom. The number of aryl methyl sites for hydroxylation is 2. The summed E-state index contributed by atoms with van der Waals surface area (Å²) in [5.41, 5.74) is 6.79. The van der Waals surface area contributed by atoms with Gasteiger partial charge in [0.25, 0.3) is 0 Å². The fraction of sp³-hybridized carbons (Fsp3) is 0.375. The Morgan fingerprint density at radius 3 is 3.00 bits per heavy atom. The predicted octanol–water partition coefficient (Wildman–Crippen LogP) is 1.52. The highest BCUT2D eigenvalue weighted by molar-refractivity contribution is 7.14. The summed E-state index contributed by atoms with van der Waals surface area (Å²) in [6.07, 6.45) is 3.64. The zero-order chi connectivity index (χ0) is 7.84. The number of hydrogen-bond donors (Lipinski definition) is 2. The molecule has 0 saturated carbocycles. The van der Waals surface area contributed by atoms with Crippen LogP contribution in [0.25, 0.3) is 0 Å². The van der Waals surface area contributed by atoms with Gasteiger partial charge in [0.05, 0.1) is 4.88 Å². The van der Waals surface area contributed by atoms with Crippen molar-refractivity contribution in [3.8, 4) is 0 Å². The summed E-state index contributed by atoms with van der Waals surface area (Å²) in [5, 5.41) is 7.23. The van der Waals surface area contributed by atoms with E-state index in [1.54, 1.807) is 11.3 Å². The van der Waals surface area contributed by atoms with Gasteiger partial charge < -0.3 is 5.73 Å². The van der Waals surface area contributed by atoms with Crippen LogP contribution in [0.3, 0.4) is 0 Å². The molecule has 0 bridgehead atoms. The second-order valence-corrected chi connectivity index (χ2v) is 3.96. The van der Waals surface area contributed by atoms with Crippen LogP contribution in [0.4, 0.5) is 0 Å². The summed E-state index contributed by atoms with van der Waals surface area (Å²) in [5.74, 6) is 0.212. The van der Waals surface area contributed by atoms with E-state index < -0.39 is 0 Å². The van der Waals surface area contributed by atoms with Crippen LogP contribution in [0, 0.1) is 5.41 Å². The van der Waals surface area contributed by atoms with Crippen LogP contribution in [0.2, 0.25) is 0 Å². The summed E-state index contributed by atoms with van der Waals surface area (Å²) in [6, 6.07) is 2.06. The lowest BCUT2D eigenvalue weighted by Gasteiger charge is -1.89. The van der Waals surface area contributed by atoms with Crippen LogP contribution in [-0.4, -0.2) is 5.84 Å². The van der Waals surface area contributed by atoms with Gasteiger partial charge in [0.1, 0.15) is 5.84 Å². The summed E-state index contributed by atoms with van der Waals surface area (Å²) in [7, 11) is 0. The van der Waals surface area contributed by atoms with Gasteiger partial charge in [-0.15, -0.1) is 11.3 Å². The Hall–Kier alpha value is -0.830. The molecule has 1 aliphatic rings. The van der Waals surface area contributed by atoms with Crippen LogP contribution in [-0.2, 0) is 12.8 Å². The molecule has 3 heteroatoms. The molecule has 3 N–H and O–H groups in total. The third-order valence-electron chi connectivity index (χ3n) is 2.01. The van der Waals surface area contributed by atoms with E-state index in [4.69, 9.17) is 11.1 Å². The average molecular weight is 166 g/mol. The summed E-state index contributed by atoms with van der Waals surface area (Å²) >= 11 is 1.68. The van der Waals surface area contributed by atoms with E-state index in [9.17, 15) is 0 Å². The van der Waals surface area contributed by atoms with E-state index in [-0.39, 0.29) is 5.84 Å². The Bertz CT molecular complexity index is 280. The third-order valence-corrected chi connectivity index (χ3v) is 3.28. The molecule has 1 heterocycles. The van der Waals surface area contributed by atoms with E-state index in [1.165, 1.54) is 29.7 Å². The molecule has 0 fully saturated rings. The molecule has 1 aromatic rings. The molecular weight excluding hydrogens is 156 g/mol. The van der Waals surface area contributed by atoms with Crippen LogP contribution in [0.5, 0.6) is 0 Å². The monoisotopic (exact) mass is 166 g/mol. The molecule has 0 unspecified atom stereocenters. The smallest absolute Gasteiger partial charge is 0.133 e. The van der Waals surface area contributed by atoms with Gasteiger partial charge in [0.2, 0.25) is 0 Å². The maximum atomic E-state index is 7.23.